The average molecular weight is 357 g/mol. The molecule has 0 atom stereocenters. The lowest BCUT2D eigenvalue weighted by molar-refractivity contribution is 0.0330. The Morgan fingerprint density at radius 3 is 1.35 bits per heavy atom. The molecule has 136 valence electrons. The summed E-state index contributed by atoms with van der Waals surface area (Å²) in [6.07, 6.45) is 2.13. The fourth-order valence-corrected chi connectivity index (χ4v) is 4.55. The molecule has 4 heteroatoms. The Hall–Kier alpha value is 0.0938. The Bertz CT molecular complexity index is 399. The summed E-state index contributed by atoms with van der Waals surface area (Å²) in [4.78, 5) is 0. The quantitative estimate of drug-likeness (QED) is 0.407. The summed E-state index contributed by atoms with van der Waals surface area (Å²) in [6, 6.07) is 0. The summed E-state index contributed by atoms with van der Waals surface area (Å²) >= 11 is 0. The molecule has 0 amide bonds. The molecule has 0 spiro atoms. The van der Waals surface area contributed by atoms with Gasteiger partial charge in [-0.05, 0) is 49.1 Å². The molecule has 0 aromatic carbocycles. The summed E-state index contributed by atoms with van der Waals surface area (Å²) in [5, 5.41) is 0.518. The molecule has 0 radical (unpaired) electrons. The molecule has 0 heterocycles. The minimum atomic E-state index is -1.70. The highest BCUT2D eigenvalue weighted by atomic mass is 28.4. The van der Waals surface area contributed by atoms with E-state index in [-0.39, 0.29) is 15.5 Å². The first-order valence-electron chi connectivity index (χ1n) is 8.96. The Morgan fingerprint density at radius 1 is 0.826 bits per heavy atom. The zero-order valence-corrected chi connectivity index (χ0v) is 19.4. The Morgan fingerprint density at radius 2 is 1.13 bits per heavy atom. The van der Waals surface area contributed by atoms with E-state index in [0.29, 0.717) is 0 Å². The van der Waals surface area contributed by atoms with Gasteiger partial charge >= 0.3 is 0 Å². The molecule has 0 bridgehead atoms. The Kier molecular flexibility index (Phi) is 5.91. The van der Waals surface area contributed by atoms with E-state index in [4.69, 9.17) is 8.85 Å². The minimum absolute atomic E-state index is 0.169. The van der Waals surface area contributed by atoms with Crippen molar-refractivity contribution < 1.29 is 8.85 Å². The Labute approximate surface area is 147 Å². The summed E-state index contributed by atoms with van der Waals surface area (Å²) < 4.78 is 13.1. The van der Waals surface area contributed by atoms with Gasteiger partial charge in [0.25, 0.3) is 0 Å². The molecule has 1 rings (SSSR count). The molecule has 1 fully saturated rings. The van der Waals surface area contributed by atoms with Gasteiger partial charge in [0, 0.05) is 18.6 Å². The third kappa shape index (κ3) is 5.03. The van der Waals surface area contributed by atoms with E-state index in [2.05, 4.69) is 74.3 Å². The molecule has 23 heavy (non-hydrogen) atoms. The molecule has 2 nitrogen and oxygen atoms in total. The topological polar surface area (TPSA) is 18.5 Å². The molecule has 0 aromatic rings. The molecule has 1 aliphatic carbocycles. The predicted molar refractivity (Wildman–Crippen MR) is 107 cm³/mol. The van der Waals surface area contributed by atoms with Gasteiger partial charge in [-0.1, -0.05) is 53.7 Å². The first-order valence-corrected chi connectivity index (χ1v) is 14.8. The summed E-state index contributed by atoms with van der Waals surface area (Å²) in [7, 11) is -3.41. The van der Waals surface area contributed by atoms with E-state index in [1.54, 1.807) is 0 Å². The van der Waals surface area contributed by atoms with E-state index < -0.39 is 16.6 Å². The smallest absolute Gasteiger partial charge is 0.192 e. The number of hydrogen-bond acceptors (Lipinski definition) is 2. The first kappa shape index (κ1) is 21.1. The lowest BCUT2D eigenvalue weighted by Crippen LogP contribution is -2.50. The van der Waals surface area contributed by atoms with Gasteiger partial charge in [0.1, 0.15) is 0 Å². The fraction of sp³-hybridized carbons (Fsp3) is 0.895. The number of rotatable bonds is 6. The lowest BCUT2D eigenvalue weighted by Gasteiger charge is -2.49. The van der Waals surface area contributed by atoms with Gasteiger partial charge in [0.2, 0.25) is 0 Å². The van der Waals surface area contributed by atoms with Crippen LogP contribution in [0.1, 0.15) is 54.4 Å². The van der Waals surface area contributed by atoms with Crippen molar-refractivity contribution in [3.8, 4) is 0 Å². The maximum atomic E-state index is 6.53. The van der Waals surface area contributed by atoms with E-state index >= 15 is 0 Å². The highest BCUT2D eigenvalue weighted by molar-refractivity contribution is 6.74. The summed E-state index contributed by atoms with van der Waals surface area (Å²) in [5.74, 6) is 0. The van der Waals surface area contributed by atoms with Gasteiger partial charge in [-0.3, -0.25) is 0 Å². The van der Waals surface area contributed by atoms with Crippen LogP contribution in [0.15, 0.2) is 12.2 Å². The van der Waals surface area contributed by atoms with E-state index in [1.165, 1.54) is 5.57 Å². The van der Waals surface area contributed by atoms with Crippen LogP contribution < -0.4 is 0 Å². The predicted octanol–water partition coefficient (Wildman–Crippen LogP) is 6.37. The Balaban J connectivity index is 2.73. The van der Waals surface area contributed by atoms with Gasteiger partial charge in [-0.25, -0.2) is 0 Å². The second kappa shape index (κ2) is 6.43. The zero-order valence-electron chi connectivity index (χ0n) is 17.4. The van der Waals surface area contributed by atoms with Gasteiger partial charge in [-0.15, -0.1) is 0 Å². The molecular weight excluding hydrogens is 316 g/mol. The lowest BCUT2D eigenvalue weighted by atomic mass is 9.67. The van der Waals surface area contributed by atoms with E-state index in [0.717, 1.165) is 26.1 Å². The molecular formula is C19H40O2Si2. The van der Waals surface area contributed by atoms with Crippen molar-refractivity contribution in [3.63, 3.8) is 0 Å². The molecule has 0 unspecified atom stereocenters. The van der Waals surface area contributed by atoms with Gasteiger partial charge in [-0.2, -0.15) is 0 Å². The van der Waals surface area contributed by atoms with Gasteiger partial charge in [0.05, 0.1) is 0 Å². The van der Waals surface area contributed by atoms with Crippen molar-refractivity contribution in [1.29, 1.82) is 0 Å². The van der Waals surface area contributed by atoms with E-state index in [9.17, 15) is 0 Å². The molecule has 0 N–H and O–H groups in total. The van der Waals surface area contributed by atoms with Crippen LogP contribution in [0.4, 0.5) is 0 Å². The van der Waals surface area contributed by atoms with Crippen molar-refractivity contribution in [3.05, 3.63) is 12.2 Å². The summed E-state index contributed by atoms with van der Waals surface area (Å²) in [5.41, 5.74) is 1.52. The van der Waals surface area contributed by atoms with Crippen molar-refractivity contribution in [2.45, 2.75) is 90.6 Å². The normalized spacial score (nSPS) is 19.7. The standard InChI is InChI=1S/C19H40O2Si2/c1-16-12-19(13-16,14-20-22(8,9)17(2,3)4)15-21-23(10,11)18(5,6)7/h1,12-15H2,2-11H3. The molecule has 1 aliphatic rings. The van der Waals surface area contributed by atoms with Crippen LogP contribution in [0.3, 0.4) is 0 Å². The van der Waals surface area contributed by atoms with Crippen molar-refractivity contribution in [2.24, 2.45) is 5.41 Å². The second-order valence-electron chi connectivity index (χ2n) is 10.7. The largest absolute Gasteiger partial charge is 0.416 e. The van der Waals surface area contributed by atoms with Crippen LogP contribution in [0, 0.1) is 5.41 Å². The fourth-order valence-electron chi connectivity index (χ4n) is 2.35. The highest BCUT2D eigenvalue weighted by Gasteiger charge is 2.46. The van der Waals surface area contributed by atoms with Crippen LogP contribution in [0.2, 0.25) is 36.3 Å². The van der Waals surface area contributed by atoms with Gasteiger partial charge < -0.3 is 8.85 Å². The SMILES string of the molecule is C=C1CC(CO[Si](C)(C)C(C)(C)C)(CO[Si](C)(C)C(C)(C)C)C1. The van der Waals surface area contributed by atoms with Crippen LogP contribution >= 0.6 is 0 Å². The molecule has 0 aliphatic heterocycles. The monoisotopic (exact) mass is 356 g/mol. The minimum Gasteiger partial charge on any atom is -0.416 e. The number of allylic oxidation sites excluding steroid dienone is 1. The maximum absolute atomic E-state index is 6.53. The van der Waals surface area contributed by atoms with E-state index in [1.807, 2.05) is 0 Å². The van der Waals surface area contributed by atoms with Crippen LogP contribution in [0.25, 0.3) is 0 Å². The highest BCUT2D eigenvalue weighted by Crippen LogP contribution is 2.48. The van der Waals surface area contributed by atoms with Crippen molar-refractivity contribution >= 4 is 16.6 Å². The average Bonchev–Trinajstić information content (AvgIpc) is 2.28. The van der Waals surface area contributed by atoms with Gasteiger partial charge in [0.15, 0.2) is 16.6 Å². The van der Waals surface area contributed by atoms with Crippen LogP contribution in [-0.2, 0) is 8.85 Å². The summed E-state index contributed by atoms with van der Waals surface area (Å²) in [6.45, 7) is 29.0. The molecule has 0 saturated heterocycles. The zero-order chi connectivity index (χ0) is 18.3. The first-order chi connectivity index (χ1) is 10.0. The third-order valence-electron chi connectivity index (χ3n) is 6.34. The van der Waals surface area contributed by atoms with Crippen LogP contribution in [-0.4, -0.2) is 29.8 Å². The number of hydrogen-bond donors (Lipinski definition) is 0. The second-order valence-corrected chi connectivity index (χ2v) is 20.3. The van der Waals surface area contributed by atoms with Crippen molar-refractivity contribution in [2.75, 3.05) is 13.2 Å². The molecule has 0 aromatic heterocycles. The van der Waals surface area contributed by atoms with Crippen molar-refractivity contribution in [1.82, 2.24) is 0 Å². The molecule has 1 saturated carbocycles. The third-order valence-corrected chi connectivity index (χ3v) is 15.3. The maximum Gasteiger partial charge on any atom is 0.192 e. The van der Waals surface area contributed by atoms with Crippen LogP contribution in [0.5, 0.6) is 0 Å².